The van der Waals surface area contributed by atoms with Crippen LogP contribution in [0.25, 0.3) is 16.8 Å². The summed E-state index contributed by atoms with van der Waals surface area (Å²) in [7, 11) is 0. The number of aromatic nitrogens is 3. The van der Waals surface area contributed by atoms with Gasteiger partial charge in [-0.15, -0.1) is 0 Å². The van der Waals surface area contributed by atoms with Gasteiger partial charge in [0, 0.05) is 24.5 Å². The first-order chi connectivity index (χ1) is 11.5. The van der Waals surface area contributed by atoms with Crippen LogP contribution in [0.15, 0.2) is 30.6 Å². The van der Waals surface area contributed by atoms with Gasteiger partial charge in [-0.25, -0.2) is 14.4 Å². The average molecular weight is 331 g/mol. The topological polar surface area (TPSA) is 85.3 Å². The van der Waals surface area contributed by atoms with Gasteiger partial charge in [0.1, 0.15) is 17.3 Å². The summed E-state index contributed by atoms with van der Waals surface area (Å²) < 4.78 is 29.7. The molecule has 0 spiro atoms. The van der Waals surface area contributed by atoms with E-state index in [0.717, 1.165) is 12.5 Å². The van der Waals surface area contributed by atoms with Crippen molar-refractivity contribution in [3.63, 3.8) is 0 Å². The van der Waals surface area contributed by atoms with Crippen LogP contribution in [0.3, 0.4) is 0 Å². The molecule has 6 nitrogen and oxygen atoms in total. The Morgan fingerprint density at radius 1 is 1.38 bits per heavy atom. The van der Waals surface area contributed by atoms with Crippen LogP contribution in [-0.4, -0.2) is 26.8 Å². The number of pyridine rings is 2. The molecule has 0 aliphatic heterocycles. The molecule has 3 rings (SSSR count). The smallest absolute Gasteiger partial charge is 0.273 e. The highest BCUT2D eigenvalue weighted by molar-refractivity contribution is 5.98. The molecule has 0 aromatic carbocycles. The highest BCUT2D eigenvalue weighted by Gasteiger charge is 2.22. The van der Waals surface area contributed by atoms with E-state index in [1.165, 1.54) is 28.9 Å². The minimum atomic E-state index is -0.831. The molecule has 24 heavy (non-hydrogen) atoms. The molecule has 0 unspecified atom stereocenters. The first-order valence-corrected chi connectivity index (χ1v) is 7.39. The van der Waals surface area contributed by atoms with Crippen LogP contribution >= 0.6 is 0 Å². The lowest BCUT2D eigenvalue weighted by Crippen LogP contribution is -2.25. The first kappa shape index (κ1) is 15.9. The third-order valence-electron chi connectivity index (χ3n) is 3.56. The van der Waals surface area contributed by atoms with Crippen LogP contribution in [0, 0.1) is 11.8 Å². The molecule has 3 aromatic heterocycles. The summed E-state index contributed by atoms with van der Waals surface area (Å²) in [6, 6.07) is 4.02. The number of hydrogen-bond donors (Lipinski definition) is 2. The van der Waals surface area contributed by atoms with Crippen molar-refractivity contribution in [2.24, 2.45) is 0 Å². The molecule has 0 saturated carbocycles. The Morgan fingerprint density at radius 2 is 2.17 bits per heavy atom. The van der Waals surface area contributed by atoms with E-state index >= 15 is 0 Å². The Labute approximate surface area is 136 Å². The molecular formula is C16H15F2N5O. The summed E-state index contributed by atoms with van der Waals surface area (Å²) in [5.41, 5.74) is 5.84. The number of fused-ring (bicyclic) bond motifs is 1. The van der Waals surface area contributed by atoms with Gasteiger partial charge in [-0.3, -0.25) is 9.20 Å². The SMILES string of the molecule is CCCNC(=O)c1nc2c(-c3cccnc3F)c(F)ccn2c1N. The predicted octanol–water partition coefficient (Wildman–Crippen LogP) is 2.40. The highest BCUT2D eigenvalue weighted by Crippen LogP contribution is 2.30. The molecule has 3 N–H and O–H groups in total. The molecule has 1 amide bonds. The van der Waals surface area contributed by atoms with Crippen molar-refractivity contribution in [3.05, 3.63) is 48.1 Å². The normalized spacial score (nSPS) is 11.0. The maximum Gasteiger partial charge on any atom is 0.273 e. The van der Waals surface area contributed by atoms with Gasteiger partial charge in [-0.05, 0) is 24.6 Å². The molecule has 0 fully saturated rings. The molecule has 0 aliphatic rings. The fraction of sp³-hybridized carbons (Fsp3) is 0.188. The average Bonchev–Trinajstić information content (AvgIpc) is 2.90. The Hall–Kier alpha value is -3.03. The number of rotatable bonds is 4. The number of nitrogens with two attached hydrogens (primary N) is 1. The fourth-order valence-corrected chi connectivity index (χ4v) is 2.41. The lowest BCUT2D eigenvalue weighted by atomic mass is 10.1. The second-order valence-electron chi connectivity index (χ2n) is 5.18. The number of anilines is 1. The number of carbonyl (C=O) groups excluding carboxylic acids is 1. The number of nitrogens with zero attached hydrogens (tertiary/aromatic N) is 3. The summed E-state index contributed by atoms with van der Waals surface area (Å²) in [6.45, 7) is 2.37. The van der Waals surface area contributed by atoms with Crippen molar-refractivity contribution in [1.82, 2.24) is 19.7 Å². The van der Waals surface area contributed by atoms with Gasteiger partial charge < -0.3 is 11.1 Å². The number of nitrogen functional groups attached to an aromatic ring is 1. The van der Waals surface area contributed by atoms with Crippen molar-refractivity contribution in [3.8, 4) is 11.1 Å². The van der Waals surface area contributed by atoms with Crippen LogP contribution in [0.4, 0.5) is 14.6 Å². The molecule has 0 radical (unpaired) electrons. The molecule has 0 bridgehead atoms. The van der Waals surface area contributed by atoms with Crippen molar-refractivity contribution in [2.75, 3.05) is 12.3 Å². The van der Waals surface area contributed by atoms with Crippen LogP contribution < -0.4 is 11.1 Å². The predicted molar refractivity (Wildman–Crippen MR) is 85.4 cm³/mol. The second kappa shape index (κ2) is 6.23. The fourth-order valence-electron chi connectivity index (χ4n) is 2.41. The van der Waals surface area contributed by atoms with Gasteiger partial charge in [0.05, 0.1) is 5.56 Å². The van der Waals surface area contributed by atoms with E-state index in [1.807, 2.05) is 6.92 Å². The maximum absolute atomic E-state index is 14.3. The van der Waals surface area contributed by atoms with Crippen molar-refractivity contribution >= 4 is 17.4 Å². The zero-order valence-corrected chi connectivity index (χ0v) is 12.9. The second-order valence-corrected chi connectivity index (χ2v) is 5.18. The van der Waals surface area contributed by atoms with Gasteiger partial charge in [0.25, 0.3) is 5.91 Å². The summed E-state index contributed by atoms with van der Waals surface area (Å²) >= 11 is 0. The van der Waals surface area contributed by atoms with E-state index < -0.39 is 17.7 Å². The summed E-state index contributed by atoms with van der Waals surface area (Å²) in [4.78, 5) is 19.8. The summed E-state index contributed by atoms with van der Waals surface area (Å²) in [5, 5.41) is 2.66. The number of hydrogen-bond acceptors (Lipinski definition) is 4. The zero-order valence-electron chi connectivity index (χ0n) is 12.9. The number of imidazole rings is 1. The Kier molecular flexibility index (Phi) is 4.11. The molecule has 3 aromatic rings. The van der Waals surface area contributed by atoms with E-state index in [1.54, 1.807) is 0 Å². The van der Waals surface area contributed by atoms with Gasteiger partial charge in [0.15, 0.2) is 5.69 Å². The molecule has 8 heteroatoms. The highest BCUT2D eigenvalue weighted by atomic mass is 19.1. The monoisotopic (exact) mass is 331 g/mol. The quantitative estimate of drug-likeness (QED) is 0.719. The van der Waals surface area contributed by atoms with Crippen molar-refractivity contribution in [2.45, 2.75) is 13.3 Å². The maximum atomic E-state index is 14.3. The van der Waals surface area contributed by atoms with Gasteiger partial charge >= 0.3 is 0 Å². The van der Waals surface area contributed by atoms with Crippen LogP contribution in [-0.2, 0) is 0 Å². The molecule has 3 heterocycles. The van der Waals surface area contributed by atoms with Gasteiger partial charge in [-0.1, -0.05) is 6.92 Å². The Morgan fingerprint density at radius 3 is 2.88 bits per heavy atom. The van der Waals surface area contributed by atoms with Crippen molar-refractivity contribution in [1.29, 1.82) is 0 Å². The number of carbonyl (C=O) groups is 1. The van der Waals surface area contributed by atoms with E-state index in [0.29, 0.717) is 6.54 Å². The molecule has 0 atom stereocenters. The van der Waals surface area contributed by atoms with E-state index in [4.69, 9.17) is 5.73 Å². The summed E-state index contributed by atoms with van der Waals surface area (Å²) in [6.07, 6.45) is 3.36. The van der Waals surface area contributed by atoms with Gasteiger partial charge in [0.2, 0.25) is 5.95 Å². The van der Waals surface area contributed by atoms with Crippen LogP contribution in [0.2, 0.25) is 0 Å². The van der Waals surface area contributed by atoms with Crippen LogP contribution in [0.1, 0.15) is 23.8 Å². The lowest BCUT2D eigenvalue weighted by Gasteiger charge is -2.06. The van der Waals surface area contributed by atoms with Gasteiger partial charge in [-0.2, -0.15) is 4.39 Å². The minimum absolute atomic E-state index is 0.0281. The Balaban J connectivity index is 2.22. The molecule has 124 valence electrons. The number of halogens is 2. The standard InChI is InChI=1S/C16H15F2N5O/c1-2-6-21-16(24)12-14(19)23-8-5-10(17)11(15(23)22-12)9-4-3-7-20-13(9)18/h3-5,7-8H,2,6,19H2,1H3,(H,21,24). The third kappa shape index (κ3) is 2.55. The minimum Gasteiger partial charge on any atom is -0.383 e. The first-order valence-electron chi connectivity index (χ1n) is 7.39. The lowest BCUT2D eigenvalue weighted by molar-refractivity contribution is 0.0950. The van der Waals surface area contributed by atoms with E-state index in [9.17, 15) is 13.6 Å². The molecule has 0 saturated heterocycles. The number of nitrogens with one attached hydrogen (secondary N) is 1. The van der Waals surface area contributed by atoms with E-state index in [2.05, 4.69) is 15.3 Å². The third-order valence-corrected chi connectivity index (χ3v) is 3.56. The summed E-state index contributed by atoms with van der Waals surface area (Å²) in [5.74, 6) is -1.91. The largest absolute Gasteiger partial charge is 0.383 e. The Bertz CT molecular complexity index is 922. The molecular weight excluding hydrogens is 316 g/mol. The zero-order chi connectivity index (χ0) is 17.3. The van der Waals surface area contributed by atoms with Crippen molar-refractivity contribution < 1.29 is 13.6 Å². The number of amides is 1. The van der Waals surface area contributed by atoms with E-state index in [-0.39, 0.29) is 28.3 Å². The van der Waals surface area contributed by atoms with Crippen LogP contribution in [0.5, 0.6) is 0 Å². The molecule has 0 aliphatic carbocycles.